The van der Waals surface area contributed by atoms with Gasteiger partial charge in [-0.1, -0.05) is 42.0 Å². The van der Waals surface area contributed by atoms with Crippen LogP contribution in [0.25, 0.3) is 0 Å². The van der Waals surface area contributed by atoms with Crippen molar-refractivity contribution in [3.05, 3.63) is 94.0 Å². The summed E-state index contributed by atoms with van der Waals surface area (Å²) < 4.78 is 0. The number of ketones is 2. The van der Waals surface area contributed by atoms with Crippen LogP contribution in [0.2, 0.25) is 0 Å². The summed E-state index contributed by atoms with van der Waals surface area (Å²) in [6.45, 7) is 1.93. The Bertz CT molecular complexity index is 1110. The number of benzene rings is 3. The van der Waals surface area contributed by atoms with Gasteiger partial charge in [-0.25, -0.2) is 0 Å². The van der Waals surface area contributed by atoms with Crippen molar-refractivity contribution in [1.29, 1.82) is 0 Å². The predicted molar refractivity (Wildman–Crippen MR) is 101 cm³/mol. The zero-order chi connectivity index (χ0) is 19.1. The minimum atomic E-state index is -0.557. The smallest absolute Gasteiger partial charge is 0.259 e. The lowest BCUT2D eigenvalue weighted by atomic mass is 9.82. The Morgan fingerprint density at radius 1 is 0.815 bits per heavy atom. The molecule has 0 bridgehead atoms. The first-order chi connectivity index (χ1) is 13.0. The molecule has 0 atom stereocenters. The molecule has 0 saturated carbocycles. The van der Waals surface area contributed by atoms with Crippen LogP contribution in [0.4, 0.5) is 5.69 Å². The molecule has 5 heteroatoms. The number of anilines is 1. The molecule has 1 amide bonds. The molecule has 3 aromatic rings. The van der Waals surface area contributed by atoms with Crippen molar-refractivity contribution in [2.75, 3.05) is 5.32 Å². The topological polar surface area (TPSA) is 83.5 Å². The van der Waals surface area contributed by atoms with Gasteiger partial charge in [0.1, 0.15) is 5.75 Å². The molecule has 1 aliphatic carbocycles. The molecule has 27 heavy (non-hydrogen) atoms. The largest absolute Gasteiger partial charge is 0.506 e. The van der Waals surface area contributed by atoms with Gasteiger partial charge in [0.2, 0.25) is 0 Å². The van der Waals surface area contributed by atoms with Crippen molar-refractivity contribution in [2.45, 2.75) is 6.92 Å². The van der Waals surface area contributed by atoms with Gasteiger partial charge in [-0.2, -0.15) is 0 Å². The van der Waals surface area contributed by atoms with E-state index < -0.39 is 17.4 Å². The molecule has 3 aromatic carbocycles. The molecule has 5 nitrogen and oxygen atoms in total. The second-order valence-electron chi connectivity index (χ2n) is 6.41. The van der Waals surface area contributed by atoms with Crippen molar-refractivity contribution in [2.24, 2.45) is 0 Å². The fourth-order valence-corrected chi connectivity index (χ4v) is 3.19. The van der Waals surface area contributed by atoms with Gasteiger partial charge in [-0.3, -0.25) is 14.4 Å². The molecule has 0 saturated heterocycles. The highest BCUT2D eigenvalue weighted by Crippen LogP contribution is 2.35. The first-order valence-corrected chi connectivity index (χ1v) is 8.40. The highest BCUT2D eigenvalue weighted by atomic mass is 16.3. The fraction of sp³-hybridized carbons (Fsp3) is 0.0455. The summed E-state index contributed by atoms with van der Waals surface area (Å²) in [6.07, 6.45) is 0. The number of nitrogens with one attached hydrogen (secondary N) is 1. The molecule has 0 aliphatic heterocycles. The number of hydrogen-bond acceptors (Lipinski definition) is 4. The summed E-state index contributed by atoms with van der Waals surface area (Å²) in [5, 5.41) is 13.3. The Morgan fingerprint density at radius 3 is 2.11 bits per heavy atom. The summed E-state index contributed by atoms with van der Waals surface area (Å²) in [6, 6.07) is 16.4. The lowest BCUT2D eigenvalue weighted by Crippen LogP contribution is -2.22. The van der Waals surface area contributed by atoms with E-state index >= 15 is 0 Å². The van der Waals surface area contributed by atoms with Crippen LogP contribution in [0.5, 0.6) is 5.75 Å². The van der Waals surface area contributed by atoms with Crippen LogP contribution in [-0.4, -0.2) is 22.6 Å². The van der Waals surface area contributed by atoms with Crippen LogP contribution >= 0.6 is 0 Å². The third kappa shape index (κ3) is 2.69. The van der Waals surface area contributed by atoms with Crippen molar-refractivity contribution in [1.82, 2.24) is 0 Å². The number of amides is 1. The van der Waals surface area contributed by atoms with Gasteiger partial charge in [0.05, 0.1) is 11.1 Å². The summed E-state index contributed by atoms with van der Waals surface area (Å²) in [5.41, 5.74) is 2.05. The maximum atomic E-state index is 12.8. The van der Waals surface area contributed by atoms with Gasteiger partial charge in [0.25, 0.3) is 5.91 Å². The van der Waals surface area contributed by atoms with E-state index in [1.165, 1.54) is 18.2 Å². The highest BCUT2D eigenvalue weighted by Gasteiger charge is 2.33. The van der Waals surface area contributed by atoms with Crippen LogP contribution in [-0.2, 0) is 0 Å². The highest BCUT2D eigenvalue weighted by molar-refractivity contribution is 6.30. The Balaban J connectivity index is 1.75. The van der Waals surface area contributed by atoms with E-state index in [-0.39, 0.29) is 28.0 Å². The van der Waals surface area contributed by atoms with Crippen molar-refractivity contribution >= 4 is 23.2 Å². The van der Waals surface area contributed by atoms with E-state index in [9.17, 15) is 19.5 Å². The average molecular weight is 357 g/mol. The first kappa shape index (κ1) is 16.7. The Kier molecular flexibility index (Phi) is 3.85. The van der Waals surface area contributed by atoms with Gasteiger partial charge in [-0.15, -0.1) is 0 Å². The Morgan fingerprint density at radius 2 is 1.44 bits per heavy atom. The summed E-state index contributed by atoms with van der Waals surface area (Å²) in [4.78, 5) is 38.0. The van der Waals surface area contributed by atoms with E-state index in [1.807, 2.05) is 19.1 Å². The van der Waals surface area contributed by atoms with E-state index in [2.05, 4.69) is 5.32 Å². The van der Waals surface area contributed by atoms with Gasteiger partial charge >= 0.3 is 0 Å². The molecule has 0 heterocycles. The molecule has 0 spiro atoms. The molecule has 0 unspecified atom stereocenters. The standard InChI is InChI=1S/C22H15NO4/c1-12-6-8-13(9-7-12)23-22(27)17-11-10-16-18(21(17)26)20(25)15-5-3-2-4-14(15)19(16)24/h2-11,26H,1H3,(H,23,27). The number of rotatable bonds is 2. The predicted octanol–water partition coefficient (Wildman–Crippen LogP) is 3.73. The number of carbonyl (C=O) groups excluding carboxylic acids is 3. The third-order valence-corrected chi connectivity index (χ3v) is 4.62. The first-order valence-electron chi connectivity index (χ1n) is 8.40. The third-order valence-electron chi connectivity index (χ3n) is 4.62. The minimum Gasteiger partial charge on any atom is -0.506 e. The second kappa shape index (κ2) is 6.21. The molecule has 2 N–H and O–H groups in total. The normalized spacial score (nSPS) is 12.3. The zero-order valence-electron chi connectivity index (χ0n) is 14.4. The number of carbonyl (C=O) groups is 3. The molecular weight excluding hydrogens is 342 g/mol. The van der Waals surface area contributed by atoms with Crippen molar-refractivity contribution in [3.63, 3.8) is 0 Å². The van der Waals surface area contributed by atoms with Crippen LogP contribution in [0.15, 0.2) is 60.7 Å². The van der Waals surface area contributed by atoms with Crippen LogP contribution in [0.1, 0.15) is 47.8 Å². The SMILES string of the molecule is Cc1ccc(NC(=O)c2ccc3c(c2O)C(=O)c2ccccc2C3=O)cc1. The zero-order valence-corrected chi connectivity index (χ0v) is 14.4. The number of hydrogen-bond donors (Lipinski definition) is 2. The molecule has 4 rings (SSSR count). The average Bonchev–Trinajstić information content (AvgIpc) is 2.67. The number of phenolic OH excluding ortho intramolecular Hbond substituents is 1. The number of aryl methyl sites for hydroxylation is 1. The van der Waals surface area contributed by atoms with Gasteiger partial charge in [-0.05, 0) is 31.2 Å². The Labute approximate surface area is 155 Å². The van der Waals surface area contributed by atoms with Crippen LogP contribution < -0.4 is 5.32 Å². The van der Waals surface area contributed by atoms with Gasteiger partial charge < -0.3 is 10.4 Å². The molecule has 132 valence electrons. The van der Waals surface area contributed by atoms with Gasteiger partial charge in [0, 0.05) is 22.4 Å². The maximum absolute atomic E-state index is 12.8. The van der Waals surface area contributed by atoms with E-state index in [4.69, 9.17) is 0 Å². The molecular formula is C22H15NO4. The lowest BCUT2D eigenvalue weighted by Gasteiger charge is -2.19. The van der Waals surface area contributed by atoms with Crippen LogP contribution in [0.3, 0.4) is 0 Å². The van der Waals surface area contributed by atoms with Crippen molar-refractivity contribution in [3.8, 4) is 5.75 Å². The number of phenols is 1. The Hall–Kier alpha value is -3.73. The fourth-order valence-electron chi connectivity index (χ4n) is 3.19. The molecule has 1 aliphatic rings. The quantitative estimate of drug-likeness (QED) is 0.573. The van der Waals surface area contributed by atoms with E-state index in [0.29, 0.717) is 11.3 Å². The van der Waals surface area contributed by atoms with Crippen LogP contribution in [0, 0.1) is 6.92 Å². The molecule has 0 fully saturated rings. The molecule has 0 aromatic heterocycles. The number of fused-ring (bicyclic) bond motifs is 2. The second-order valence-corrected chi connectivity index (χ2v) is 6.41. The van der Waals surface area contributed by atoms with E-state index in [0.717, 1.165) is 5.56 Å². The number of aromatic hydroxyl groups is 1. The maximum Gasteiger partial charge on any atom is 0.259 e. The monoisotopic (exact) mass is 357 g/mol. The molecule has 0 radical (unpaired) electrons. The minimum absolute atomic E-state index is 0.0603. The summed E-state index contributed by atoms with van der Waals surface area (Å²) in [5.74, 6) is -1.85. The van der Waals surface area contributed by atoms with Crippen molar-refractivity contribution < 1.29 is 19.5 Å². The summed E-state index contributed by atoms with van der Waals surface area (Å²) >= 11 is 0. The van der Waals surface area contributed by atoms with E-state index in [1.54, 1.807) is 30.3 Å². The lowest BCUT2D eigenvalue weighted by molar-refractivity contribution is 0.0974. The van der Waals surface area contributed by atoms with Gasteiger partial charge in [0.15, 0.2) is 11.6 Å². The summed E-state index contributed by atoms with van der Waals surface area (Å²) in [7, 11) is 0.